The van der Waals surface area contributed by atoms with Crippen LogP contribution in [0, 0.1) is 5.92 Å². The van der Waals surface area contributed by atoms with Gasteiger partial charge in [-0.05, 0) is 57.1 Å². The van der Waals surface area contributed by atoms with Crippen LogP contribution in [0.25, 0.3) is 0 Å². The first-order valence-corrected chi connectivity index (χ1v) is 12.4. The number of likely N-dealkylation sites (tertiary alicyclic amines) is 2. The van der Waals surface area contributed by atoms with Crippen LogP contribution < -0.4 is 0 Å². The van der Waals surface area contributed by atoms with Crippen LogP contribution in [0.4, 0.5) is 0 Å². The first-order chi connectivity index (χ1) is 15.0. The third kappa shape index (κ3) is 6.29. The van der Waals surface area contributed by atoms with Crippen molar-refractivity contribution < 1.29 is 19.1 Å². The van der Waals surface area contributed by atoms with Gasteiger partial charge in [0.15, 0.2) is 0 Å². The Labute approximate surface area is 189 Å². The molecule has 2 amide bonds. The number of ether oxygens (including phenoxy) is 1. The van der Waals surface area contributed by atoms with Crippen LogP contribution in [0.1, 0.15) is 55.6 Å². The molecule has 31 heavy (non-hydrogen) atoms. The predicted octanol–water partition coefficient (Wildman–Crippen LogP) is 2.87. The third-order valence-electron chi connectivity index (χ3n) is 6.33. The minimum Gasteiger partial charge on any atom is -0.466 e. The summed E-state index contributed by atoms with van der Waals surface area (Å²) in [4.78, 5) is 45.1. The molecule has 2 saturated heterocycles. The van der Waals surface area contributed by atoms with Crippen LogP contribution in [-0.4, -0.2) is 84.4 Å². The van der Waals surface area contributed by atoms with Crippen molar-refractivity contribution in [1.29, 1.82) is 0 Å². The maximum absolute atomic E-state index is 13.5. The number of likely N-dealkylation sites (N-methyl/N-ethyl adjacent to an activating group) is 1. The van der Waals surface area contributed by atoms with E-state index in [4.69, 9.17) is 4.74 Å². The van der Waals surface area contributed by atoms with Crippen LogP contribution in [0.15, 0.2) is 17.5 Å². The molecule has 1 aromatic rings. The fraction of sp³-hybridized carbons (Fsp3) is 0.696. The zero-order valence-electron chi connectivity index (χ0n) is 18.8. The molecule has 0 aliphatic carbocycles. The summed E-state index contributed by atoms with van der Waals surface area (Å²) in [5.41, 5.74) is 0. The maximum atomic E-state index is 13.5. The van der Waals surface area contributed by atoms with Gasteiger partial charge in [-0.2, -0.15) is 0 Å². The van der Waals surface area contributed by atoms with Gasteiger partial charge in [0.1, 0.15) is 0 Å². The van der Waals surface area contributed by atoms with Crippen LogP contribution >= 0.6 is 11.3 Å². The van der Waals surface area contributed by atoms with Crippen molar-refractivity contribution in [3.05, 3.63) is 22.4 Å². The third-order valence-corrected chi connectivity index (χ3v) is 7.19. The molecule has 2 aliphatic rings. The van der Waals surface area contributed by atoms with Crippen molar-refractivity contribution in [2.75, 3.05) is 45.9 Å². The van der Waals surface area contributed by atoms with E-state index in [1.807, 2.05) is 27.3 Å². The van der Waals surface area contributed by atoms with Gasteiger partial charge >= 0.3 is 5.97 Å². The molecule has 172 valence electrons. The van der Waals surface area contributed by atoms with E-state index in [0.717, 1.165) is 43.6 Å². The number of hydrogen-bond acceptors (Lipinski definition) is 6. The summed E-state index contributed by atoms with van der Waals surface area (Å²) in [6.45, 7) is 8.48. The molecule has 2 unspecified atom stereocenters. The molecule has 3 rings (SSSR count). The molecule has 2 fully saturated rings. The normalized spacial score (nSPS) is 21.8. The van der Waals surface area contributed by atoms with Crippen molar-refractivity contribution in [2.45, 2.75) is 52.0 Å². The van der Waals surface area contributed by atoms with Gasteiger partial charge in [0, 0.05) is 32.2 Å². The topological polar surface area (TPSA) is 70.2 Å². The highest BCUT2D eigenvalue weighted by atomic mass is 32.1. The number of hydrogen-bond donors (Lipinski definition) is 0. The molecule has 7 nitrogen and oxygen atoms in total. The lowest BCUT2D eigenvalue weighted by molar-refractivity contribution is -0.145. The molecule has 2 atom stereocenters. The van der Waals surface area contributed by atoms with E-state index in [2.05, 4.69) is 11.8 Å². The smallest absolute Gasteiger partial charge is 0.307 e. The number of carbonyl (C=O) groups excluding carboxylic acids is 3. The van der Waals surface area contributed by atoms with Gasteiger partial charge in [-0.1, -0.05) is 13.0 Å². The van der Waals surface area contributed by atoms with Crippen molar-refractivity contribution in [3.63, 3.8) is 0 Å². The SMILES string of the molecule is CCOC(=O)CCN(CC1CCCN1CC)C(=O)C1CCCN(C(=O)c2cccs2)C1. The van der Waals surface area contributed by atoms with Crippen molar-refractivity contribution in [1.82, 2.24) is 14.7 Å². The van der Waals surface area contributed by atoms with Gasteiger partial charge in [-0.15, -0.1) is 11.3 Å². The van der Waals surface area contributed by atoms with Gasteiger partial charge in [0.05, 0.1) is 23.8 Å². The molecule has 8 heteroatoms. The number of amides is 2. The number of carbonyl (C=O) groups is 3. The van der Waals surface area contributed by atoms with Crippen LogP contribution in [-0.2, 0) is 14.3 Å². The Balaban J connectivity index is 1.66. The minimum absolute atomic E-state index is 0.0125. The summed E-state index contributed by atoms with van der Waals surface area (Å²) in [5, 5.41) is 1.90. The van der Waals surface area contributed by atoms with Gasteiger partial charge in [0.2, 0.25) is 5.91 Å². The van der Waals surface area contributed by atoms with Crippen molar-refractivity contribution >= 4 is 29.1 Å². The Hall–Kier alpha value is -1.93. The molecule has 0 radical (unpaired) electrons. The molecular weight excluding hydrogens is 414 g/mol. The quantitative estimate of drug-likeness (QED) is 0.542. The summed E-state index contributed by atoms with van der Waals surface area (Å²) in [6.07, 6.45) is 4.04. The number of rotatable bonds is 9. The highest BCUT2D eigenvalue weighted by molar-refractivity contribution is 7.12. The van der Waals surface area contributed by atoms with E-state index >= 15 is 0 Å². The van der Waals surface area contributed by atoms with Gasteiger partial charge in [-0.3, -0.25) is 19.3 Å². The molecule has 0 bridgehead atoms. The average molecular weight is 450 g/mol. The van der Waals surface area contributed by atoms with Gasteiger partial charge in [0.25, 0.3) is 5.91 Å². The molecule has 0 saturated carbocycles. The molecule has 2 aliphatic heterocycles. The highest BCUT2D eigenvalue weighted by Gasteiger charge is 2.34. The fourth-order valence-corrected chi connectivity index (χ4v) is 5.39. The molecule has 3 heterocycles. The first-order valence-electron chi connectivity index (χ1n) is 11.5. The molecule has 0 N–H and O–H groups in total. The zero-order chi connectivity index (χ0) is 22.2. The van der Waals surface area contributed by atoms with E-state index in [-0.39, 0.29) is 30.1 Å². The monoisotopic (exact) mass is 449 g/mol. The second kappa shape index (κ2) is 11.6. The summed E-state index contributed by atoms with van der Waals surface area (Å²) in [7, 11) is 0. The standard InChI is InChI=1S/C23H35N3O4S/c1-3-24-12-6-9-19(24)17-26(14-11-21(27)30-4-2)22(28)18-8-5-13-25(16-18)23(29)20-10-7-15-31-20/h7,10,15,18-19H,3-6,8-9,11-14,16-17H2,1-2H3. The molecular formula is C23H35N3O4S. The summed E-state index contributed by atoms with van der Waals surface area (Å²) >= 11 is 1.44. The lowest BCUT2D eigenvalue weighted by Gasteiger charge is -2.36. The number of thiophene rings is 1. The fourth-order valence-electron chi connectivity index (χ4n) is 4.70. The summed E-state index contributed by atoms with van der Waals surface area (Å²) < 4.78 is 5.08. The first kappa shape index (κ1) is 23.7. The van der Waals surface area contributed by atoms with Crippen LogP contribution in [0.3, 0.4) is 0 Å². The van der Waals surface area contributed by atoms with Gasteiger partial charge in [-0.25, -0.2) is 0 Å². The van der Waals surface area contributed by atoms with Crippen LogP contribution in [0.5, 0.6) is 0 Å². The number of esters is 1. The zero-order valence-corrected chi connectivity index (χ0v) is 19.6. The average Bonchev–Trinajstić information content (AvgIpc) is 3.48. The van der Waals surface area contributed by atoms with E-state index < -0.39 is 0 Å². The van der Waals surface area contributed by atoms with Crippen molar-refractivity contribution in [3.8, 4) is 0 Å². The number of piperidine rings is 1. The minimum atomic E-state index is -0.266. The van der Waals surface area contributed by atoms with Crippen LogP contribution in [0.2, 0.25) is 0 Å². The van der Waals surface area contributed by atoms with E-state index in [0.29, 0.717) is 38.8 Å². The second-order valence-electron chi connectivity index (χ2n) is 8.33. The Morgan fingerprint density at radius 3 is 2.71 bits per heavy atom. The highest BCUT2D eigenvalue weighted by Crippen LogP contribution is 2.24. The Kier molecular flexibility index (Phi) is 8.90. The predicted molar refractivity (Wildman–Crippen MR) is 121 cm³/mol. The molecule has 0 aromatic carbocycles. The maximum Gasteiger partial charge on any atom is 0.307 e. The Morgan fingerprint density at radius 2 is 2.00 bits per heavy atom. The lowest BCUT2D eigenvalue weighted by atomic mass is 9.95. The van der Waals surface area contributed by atoms with E-state index in [1.165, 1.54) is 11.3 Å². The summed E-state index contributed by atoms with van der Waals surface area (Å²) in [6, 6.07) is 4.05. The van der Waals surface area contributed by atoms with Crippen molar-refractivity contribution in [2.24, 2.45) is 5.92 Å². The van der Waals surface area contributed by atoms with E-state index in [9.17, 15) is 14.4 Å². The summed E-state index contributed by atoms with van der Waals surface area (Å²) in [5.74, 6) is -0.400. The largest absolute Gasteiger partial charge is 0.466 e. The van der Waals surface area contributed by atoms with E-state index in [1.54, 1.807) is 6.92 Å². The lowest BCUT2D eigenvalue weighted by Crippen LogP contribution is -2.50. The second-order valence-corrected chi connectivity index (χ2v) is 9.28. The molecule has 0 spiro atoms. The molecule has 1 aromatic heterocycles. The van der Waals surface area contributed by atoms with Gasteiger partial charge < -0.3 is 14.5 Å². The Bertz CT molecular complexity index is 739. The Morgan fingerprint density at radius 1 is 1.19 bits per heavy atom. The number of nitrogens with zero attached hydrogens (tertiary/aromatic N) is 3.